The Morgan fingerprint density at radius 1 is 1.35 bits per heavy atom. The van der Waals surface area contributed by atoms with Crippen LogP contribution in [0.1, 0.15) is 56.3 Å². The van der Waals surface area contributed by atoms with Crippen LogP contribution in [0.25, 0.3) is 0 Å². The summed E-state index contributed by atoms with van der Waals surface area (Å²) in [5, 5.41) is 20.5. The van der Waals surface area contributed by atoms with Crippen molar-refractivity contribution >= 4 is 11.8 Å². The molecule has 0 aliphatic heterocycles. The summed E-state index contributed by atoms with van der Waals surface area (Å²) in [6.45, 7) is 4.59. The second-order valence-corrected chi connectivity index (χ2v) is 5.83. The quantitative estimate of drug-likeness (QED) is 0.338. The van der Waals surface area contributed by atoms with Gasteiger partial charge >= 0.3 is 5.97 Å². The summed E-state index contributed by atoms with van der Waals surface area (Å²) in [6, 6.07) is 6.05. The molecule has 0 aliphatic carbocycles. The molecule has 26 heavy (non-hydrogen) atoms. The molecule has 2 aromatic rings. The lowest BCUT2D eigenvalue weighted by Crippen LogP contribution is -2.13. The van der Waals surface area contributed by atoms with Gasteiger partial charge in [-0.05, 0) is 38.0 Å². The highest BCUT2D eigenvalue weighted by atomic mass is 16.6. The molecule has 0 aliphatic rings. The van der Waals surface area contributed by atoms with Crippen molar-refractivity contribution in [2.75, 3.05) is 13.2 Å². The smallest absolute Gasteiger partial charge is 0.355 e. The number of nitrogens with zero attached hydrogens (tertiary/aromatic N) is 1. The maximum Gasteiger partial charge on any atom is 0.355 e. The SMILES string of the molecule is CCOC(=O)c1[nH]c(C)c(C(=O)c2cccc(C(O)C[N+](=O)[O-])c2)c1C. The Hall–Kier alpha value is -3.00. The molecule has 0 spiro atoms. The average Bonchev–Trinajstić information content (AvgIpc) is 2.88. The maximum absolute atomic E-state index is 12.9. The third-order valence-electron chi connectivity index (χ3n) is 4.00. The molecular weight excluding hydrogens is 340 g/mol. The van der Waals surface area contributed by atoms with E-state index >= 15 is 0 Å². The summed E-state index contributed by atoms with van der Waals surface area (Å²) in [4.78, 5) is 37.7. The number of aliphatic hydroxyl groups excluding tert-OH is 1. The first-order valence-electron chi connectivity index (χ1n) is 8.07. The first-order chi connectivity index (χ1) is 12.3. The summed E-state index contributed by atoms with van der Waals surface area (Å²) >= 11 is 0. The number of carbonyl (C=O) groups excluding carboxylic acids is 2. The number of ether oxygens (including phenoxy) is 1. The Morgan fingerprint density at radius 3 is 2.65 bits per heavy atom. The van der Waals surface area contributed by atoms with Crippen LogP contribution in [0.3, 0.4) is 0 Å². The van der Waals surface area contributed by atoms with Gasteiger partial charge in [-0.3, -0.25) is 14.9 Å². The van der Waals surface area contributed by atoms with Crippen molar-refractivity contribution in [2.24, 2.45) is 0 Å². The molecule has 2 rings (SSSR count). The van der Waals surface area contributed by atoms with Gasteiger partial charge in [-0.2, -0.15) is 0 Å². The van der Waals surface area contributed by atoms with Gasteiger partial charge in [-0.25, -0.2) is 4.79 Å². The van der Waals surface area contributed by atoms with Gasteiger partial charge < -0.3 is 14.8 Å². The lowest BCUT2D eigenvalue weighted by molar-refractivity contribution is -0.491. The minimum atomic E-state index is -1.30. The third kappa shape index (κ3) is 3.97. The minimum Gasteiger partial charge on any atom is -0.461 e. The Labute approximate surface area is 150 Å². The highest BCUT2D eigenvalue weighted by Gasteiger charge is 2.24. The molecule has 1 aromatic heterocycles. The lowest BCUT2D eigenvalue weighted by atomic mass is 9.97. The molecule has 0 amide bonds. The summed E-state index contributed by atoms with van der Waals surface area (Å²) in [5.74, 6) is -0.885. The standard InChI is InChI=1S/C18H20N2O6/c1-4-26-18(23)16-10(2)15(11(3)19-16)17(22)13-7-5-6-12(8-13)14(21)9-20(24)25/h5-8,14,19,21H,4,9H2,1-3H3. The number of aromatic amines is 1. The number of ketones is 1. The molecule has 1 unspecified atom stereocenters. The van der Waals surface area contributed by atoms with E-state index in [0.717, 1.165) is 0 Å². The number of esters is 1. The Morgan fingerprint density at radius 2 is 2.04 bits per heavy atom. The van der Waals surface area contributed by atoms with E-state index in [1.807, 2.05) is 0 Å². The molecule has 8 heteroatoms. The van der Waals surface area contributed by atoms with Crippen LogP contribution in [0.2, 0.25) is 0 Å². The Balaban J connectivity index is 2.38. The van der Waals surface area contributed by atoms with Gasteiger partial charge in [-0.1, -0.05) is 18.2 Å². The molecule has 0 radical (unpaired) electrons. The topological polar surface area (TPSA) is 123 Å². The number of aliphatic hydroxyl groups is 1. The zero-order chi connectivity index (χ0) is 19.4. The van der Waals surface area contributed by atoms with Crippen LogP contribution in [-0.4, -0.2) is 39.9 Å². The highest BCUT2D eigenvalue weighted by molar-refractivity contribution is 6.12. The second kappa shape index (κ2) is 7.92. The predicted octanol–water partition coefficient (Wildman–Crippen LogP) is 2.35. The first-order valence-corrected chi connectivity index (χ1v) is 8.07. The van der Waals surface area contributed by atoms with Crippen molar-refractivity contribution in [3.8, 4) is 0 Å². The van der Waals surface area contributed by atoms with E-state index in [9.17, 15) is 24.8 Å². The second-order valence-electron chi connectivity index (χ2n) is 5.83. The van der Waals surface area contributed by atoms with Crippen molar-refractivity contribution in [3.63, 3.8) is 0 Å². The number of hydrogen-bond acceptors (Lipinski definition) is 6. The normalized spacial score (nSPS) is 11.8. The number of aromatic nitrogens is 1. The van der Waals surface area contributed by atoms with Gasteiger partial charge in [0, 0.05) is 21.7 Å². The van der Waals surface area contributed by atoms with Gasteiger partial charge in [0.05, 0.1) is 6.61 Å². The van der Waals surface area contributed by atoms with E-state index in [4.69, 9.17) is 4.74 Å². The zero-order valence-corrected chi connectivity index (χ0v) is 14.7. The molecule has 0 saturated carbocycles. The maximum atomic E-state index is 12.9. The van der Waals surface area contributed by atoms with Gasteiger partial charge in [0.1, 0.15) is 11.8 Å². The van der Waals surface area contributed by atoms with Gasteiger partial charge in [0.25, 0.3) is 0 Å². The number of carbonyl (C=O) groups is 2. The van der Waals surface area contributed by atoms with Crippen molar-refractivity contribution in [2.45, 2.75) is 26.9 Å². The van der Waals surface area contributed by atoms with Gasteiger partial charge in [0.2, 0.25) is 6.54 Å². The Kier molecular flexibility index (Phi) is 5.89. The molecule has 1 heterocycles. The van der Waals surface area contributed by atoms with Crippen LogP contribution in [-0.2, 0) is 4.74 Å². The molecule has 1 atom stereocenters. The fourth-order valence-electron chi connectivity index (χ4n) is 2.78. The Bertz CT molecular complexity index is 855. The highest BCUT2D eigenvalue weighted by Crippen LogP contribution is 2.24. The molecule has 0 fully saturated rings. The number of hydrogen-bond donors (Lipinski definition) is 2. The molecule has 1 aromatic carbocycles. The monoisotopic (exact) mass is 360 g/mol. The zero-order valence-electron chi connectivity index (χ0n) is 14.7. The average molecular weight is 360 g/mol. The van der Waals surface area contributed by atoms with Gasteiger partial charge in [0.15, 0.2) is 5.78 Å². The summed E-state index contributed by atoms with van der Waals surface area (Å²) in [7, 11) is 0. The molecule has 0 bridgehead atoms. The predicted molar refractivity (Wildman–Crippen MR) is 92.9 cm³/mol. The van der Waals surface area contributed by atoms with Crippen molar-refractivity contribution in [1.82, 2.24) is 4.98 Å². The largest absolute Gasteiger partial charge is 0.461 e. The number of H-pyrrole nitrogens is 1. The van der Waals surface area contributed by atoms with Crippen LogP contribution >= 0.6 is 0 Å². The molecule has 2 N–H and O–H groups in total. The van der Waals surface area contributed by atoms with Crippen LogP contribution in [0.5, 0.6) is 0 Å². The number of rotatable bonds is 7. The minimum absolute atomic E-state index is 0.218. The van der Waals surface area contributed by atoms with E-state index in [0.29, 0.717) is 16.8 Å². The molecule has 8 nitrogen and oxygen atoms in total. The van der Waals surface area contributed by atoms with Crippen LogP contribution in [0.4, 0.5) is 0 Å². The van der Waals surface area contributed by atoms with E-state index in [1.54, 1.807) is 32.9 Å². The molecular formula is C18H20N2O6. The summed E-state index contributed by atoms with van der Waals surface area (Å²) in [6.07, 6.45) is -1.30. The van der Waals surface area contributed by atoms with Gasteiger partial charge in [-0.15, -0.1) is 0 Å². The van der Waals surface area contributed by atoms with E-state index < -0.39 is 23.5 Å². The molecule has 138 valence electrons. The fraction of sp³-hybridized carbons (Fsp3) is 0.333. The fourth-order valence-corrected chi connectivity index (χ4v) is 2.78. The van der Waals surface area contributed by atoms with Crippen LogP contribution in [0, 0.1) is 24.0 Å². The number of aryl methyl sites for hydroxylation is 1. The van der Waals surface area contributed by atoms with Crippen molar-refractivity contribution in [1.29, 1.82) is 0 Å². The van der Waals surface area contributed by atoms with Crippen LogP contribution in [0.15, 0.2) is 24.3 Å². The molecule has 0 saturated heterocycles. The van der Waals surface area contributed by atoms with Crippen molar-refractivity contribution < 1.29 is 24.4 Å². The number of nitrogens with one attached hydrogen (secondary N) is 1. The van der Waals surface area contributed by atoms with E-state index in [2.05, 4.69) is 4.98 Å². The lowest BCUT2D eigenvalue weighted by Gasteiger charge is -2.09. The van der Waals surface area contributed by atoms with E-state index in [1.165, 1.54) is 12.1 Å². The number of nitro groups is 1. The van der Waals surface area contributed by atoms with Crippen molar-refractivity contribution in [3.05, 3.63) is 68.0 Å². The summed E-state index contributed by atoms with van der Waals surface area (Å²) in [5.41, 5.74) is 2.11. The first kappa shape index (κ1) is 19.3. The van der Waals surface area contributed by atoms with E-state index in [-0.39, 0.29) is 29.2 Å². The number of benzene rings is 1. The summed E-state index contributed by atoms with van der Waals surface area (Å²) < 4.78 is 4.97. The third-order valence-corrected chi connectivity index (χ3v) is 4.00. The van der Waals surface area contributed by atoms with Crippen LogP contribution < -0.4 is 0 Å².